The predicted octanol–water partition coefficient (Wildman–Crippen LogP) is 2.63. The quantitative estimate of drug-likeness (QED) is 0.895. The van der Waals surface area contributed by atoms with Crippen LogP contribution >= 0.6 is 11.6 Å². The molecule has 0 unspecified atom stereocenters. The number of carbonyl (C=O) groups is 1. The van der Waals surface area contributed by atoms with Gasteiger partial charge in [-0.3, -0.25) is 4.79 Å². The second-order valence-electron chi connectivity index (χ2n) is 5.98. The van der Waals surface area contributed by atoms with E-state index in [0.717, 1.165) is 37.2 Å². The number of benzene rings is 1. The number of hydrogen-bond acceptors (Lipinski definition) is 5. The molecular weight excluding hydrogens is 328 g/mol. The van der Waals surface area contributed by atoms with Gasteiger partial charge in [-0.15, -0.1) is 0 Å². The zero-order valence-corrected chi connectivity index (χ0v) is 13.8. The van der Waals surface area contributed by atoms with E-state index in [1.807, 2.05) is 18.2 Å². The fourth-order valence-corrected chi connectivity index (χ4v) is 3.22. The van der Waals surface area contributed by atoms with E-state index < -0.39 is 0 Å². The molecule has 2 N–H and O–H groups in total. The third kappa shape index (κ3) is 2.95. The number of hydrogen-bond donors (Lipinski definition) is 2. The highest BCUT2D eigenvalue weighted by atomic mass is 35.5. The molecule has 0 bridgehead atoms. The average molecular weight is 345 g/mol. The molecule has 1 saturated heterocycles. The smallest absolute Gasteiger partial charge is 0.251 e. The van der Waals surface area contributed by atoms with Crippen molar-refractivity contribution in [3.8, 4) is 11.3 Å². The lowest BCUT2D eigenvalue weighted by Crippen LogP contribution is -2.28. The van der Waals surface area contributed by atoms with Gasteiger partial charge in [0.15, 0.2) is 0 Å². The van der Waals surface area contributed by atoms with E-state index >= 15 is 0 Å². The maximum absolute atomic E-state index is 11.9. The van der Waals surface area contributed by atoms with Crippen LogP contribution in [0.2, 0.25) is 5.02 Å². The molecule has 1 fully saturated rings. The van der Waals surface area contributed by atoms with Gasteiger partial charge in [0, 0.05) is 36.9 Å². The Morgan fingerprint density at radius 2 is 2.12 bits per heavy atom. The van der Waals surface area contributed by atoms with E-state index in [0.29, 0.717) is 34.8 Å². The summed E-state index contributed by atoms with van der Waals surface area (Å²) in [4.78, 5) is 20.7. The minimum atomic E-state index is -0.0578. The van der Waals surface area contributed by atoms with Crippen LogP contribution in [-0.2, 0) is 11.3 Å². The number of anilines is 1. The zero-order chi connectivity index (χ0) is 16.5. The fraction of sp³-hybridized carbons (Fsp3) is 0.353. The second-order valence-corrected chi connectivity index (χ2v) is 6.38. The van der Waals surface area contributed by atoms with Crippen molar-refractivity contribution >= 4 is 23.5 Å². The van der Waals surface area contributed by atoms with Gasteiger partial charge < -0.3 is 15.4 Å². The van der Waals surface area contributed by atoms with Crippen molar-refractivity contribution in [1.82, 2.24) is 15.3 Å². The minimum absolute atomic E-state index is 0.0578. The molecule has 0 radical (unpaired) electrons. The summed E-state index contributed by atoms with van der Waals surface area (Å²) in [6.45, 7) is 2.07. The Hall–Kier alpha value is -2.18. The number of nitrogens with one attached hydrogen (secondary N) is 2. The third-order valence-electron chi connectivity index (χ3n) is 4.37. The summed E-state index contributed by atoms with van der Waals surface area (Å²) >= 11 is 6.29. The molecule has 2 aliphatic heterocycles. The lowest BCUT2D eigenvalue weighted by Gasteiger charge is -2.23. The first-order valence-electron chi connectivity index (χ1n) is 7.99. The standard InChI is InChI=1S/C17H17ClN4O2/c18-14-9-20-17(21-12-3-5-24-6-4-12)22-15(14)10-1-2-11-8-19-16(23)13(11)7-10/h1-2,7,9,12H,3-6,8H2,(H,19,23)(H,20,21,22). The molecule has 2 aliphatic rings. The molecule has 4 rings (SSSR count). The topological polar surface area (TPSA) is 76.1 Å². The largest absolute Gasteiger partial charge is 0.381 e. The van der Waals surface area contributed by atoms with Gasteiger partial charge in [0.25, 0.3) is 5.91 Å². The summed E-state index contributed by atoms with van der Waals surface area (Å²) in [5.74, 6) is 0.490. The third-order valence-corrected chi connectivity index (χ3v) is 4.64. The Balaban J connectivity index is 1.64. The maximum atomic E-state index is 11.9. The van der Waals surface area contributed by atoms with Crippen molar-refractivity contribution in [2.75, 3.05) is 18.5 Å². The van der Waals surface area contributed by atoms with Crippen molar-refractivity contribution in [3.63, 3.8) is 0 Å². The molecule has 1 amide bonds. The Labute approximate surface area is 144 Å². The Morgan fingerprint density at radius 3 is 2.96 bits per heavy atom. The molecule has 1 aromatic heterocycles. The maximum Gasteiger partial charge on any atom is 0.251 e. The van der Waals surface area contributed by atoms with E-state index in [1.165, 1.54) is 0 Å². The molecule has 2 aromatic rings. The number of aromatic nitrogens is 2. The van der Waals surface area contributed by atoms with Gasteiger partial charge in [-0.05, 0) is 24.5 Å². The fourth-order valence-electron chi connectivity index (χ4n) is 3.02. The Kier molecular flexibility index (Phi) is 4.08. The number of carbonyl (C=O) groups excluding carboxylic acids is 1. The first-order chi connectivity index (χ1) is 11.7. The van der Waals surface area contributed by atoms with Crippen molar-refractivity contribution < 1.29 is 9.53 Å². The summed E-state index contributed by atoms with van der Waals surface area (Å²) in [5, 5.41) is 6.62. The average Bonchev–Trinajstić information content (AvgIpc) is 2.98. The Morgan fingerprint density at radius 1 is 1.29 bits per heavy atom. The van der Waals surface area contributed by atoms with Gasteiger partial charge in [0.05, 0.1) is 16.9 Å². The van der Waals surface area contributed by atoms with Crippen LogP contribution in [0.1, 0.15) is 28.8 Å². The SMILES string of the molecule is O=C1NCc2ccc(-c3nc(NC4CCOCC4)ncc3Cl)cc21. The lowest BCUT2D eigenvalue weighted by atomic mass is 10.0. The molecule has 6 nitrogen and oxygen atoms in total. The number of halogens is 1. The van der Waals surface area contributed by atoms with Crippen LogP contribution in [0.15, 0.2) is 24.4 Å². The summed E-state index contributed by atoms with van der Waals surface area (Å²) < 4.78 is 5.36. The number of rotatable bonds is 3. The summed E-state index contributed by atoms with van der Waals surface area (Å²) in [6.07, 6.45) is 3.46. The van der Waals surface area contributed by atoms with Gasteiger partial charge in [0.1, 0.15) is 0 Å². The van der Waals surface area contributed by atoms with E-state index in [-0.39, 0.29) is 5.91 Å². The molecule has 0 aliphatic carbocycles. The van der Waals surface area contributed by atoms with E-state index in [2.05, 4.69) is 20.6 Å². The lowest BCUT2D eigenvalue weighted by molar-refractivity contribution is 0.0903. The highest BCUT2D eigenvalue weighted by Crippen LogP contribution is 2.29. The van der Waals surface area contributed by atoms with E-state index in [1.54, 1.807) is 6.20 Å². The van der Waals surface area contributed by atoms with Crippen molar-refractivity contribution in [3.05, 3.63) is 40.5 Å². The van der Waals surface area contributed by atoms with Crippen LogP contribution in [0.3, 0.4) is 0 Å². The molecular formula is C17H17ClN4O2. The van der Waals surface area contributed by atoms with Gasteiger partial charge in [-0.1, -0.05) is 23.7 Å². The zero-order valence-electron chi connectivity index (χ0n) is 13.0. The summed E-state index contributed by atoms with van der Waals surface area (Å²) in [5.41, 5.74) is 3.12. The van der Waals surface area contributed by atoms with E-state index in [4.69, 9.17) is 16.3 Å². The van der Waals surface area contributed by atoms with Gasteiger partial charge in [-0.2, -0.15) is 0 Å². The van der Waals surface area contributed by atoms with Crippen LogP contribution in [0.25, 0.3) is 11.3 Å². The minimum Gasteiger partial charge on any atom is -0.381 e. The molecule has 1 aromatic carbocycles. The first kappa shape index (κ1) is 15.4. The second kappa shape index (κ2) is 6.37. The molecule has 3 heterocycles. The Bertz CT molecular complexity index is 790. The highest BCUT2D eigenvalue weighted by molar-refractivity contribution is 6.33. The molecule has 124 valence electrons. The normalized spacial score (nSPS) is 17.5. The molecule has 0 saturated carbocycles. The first-order valence-corrected chi connectivity index (χ1v) is 8.37. The van der Waals surface area contributed by atoms with E-state index in [9.17, 15) is 4.79 Å². The van der Waals surface area contributed by atoms with Crippen molar-refractivity contribution in [2.45, 2.75) is 25.4 Å². The molecule has 0 spiro atoms. The van der Waals surface area contributed by atoms with Crippen LogP contribution in [-0.4, -0.2) is 35.1 Å². The molecule has 24 heavy (non-hydrogen) atoms. The molecule has 0 atom stereocenters. The number of amides is 1. The van der Waals surface area contributed by atoms with Crippen LogP contribution < -0.4 is 10.6 Å². The highest BCUT2D eigenvalue weighted by Gasteiger charge is 2.21. The summed E-state index contributed by atoms with van der Waals surface area (Å²) in [7, 11) is 0. The monoisotopic (exact) mass is 344 g/mol. The van der Waals surface area contributed by atoms with Crippen LogP contribution in [0.4, 0.5) is 5.95 Å². The molecule has 7 heteroatoms. The number of nitrogens with zero attached hydrogens (tertiary/aromatic N) is 2. The van der Waals surface area contributed by atoms with Crippen LogP contribution in [0.5, 0.6) is 0 Å². The van der Waals surface area contributed by atoms with Crippen molar-refractivity contribution in [2.24, 2.45) is 0 Å². The van der Waals surface area contributed by atoms with Gasteiger partial charge in [-0.25, -0.2) is 9.97 Å². The van der Waals surface area contributed by atoms with Gasteiger partial charge >= 0.3 is 0 Å². The van der Waals surface area contributed by atoms with Crippen LogP contribution in [0, 0.1) is 0 Å². The summed E-state index contributed by atoms with van der Waals surface area (Å²) in [6, 6.07) is 6.01. The number of fused-ring (bicyclic) bond motifs is 1. The van der Waals surface area contributed by atoms with Crippen molar-refractivity contribution in [1.29, 1.82) is 0 Å². The number of ether oxygens (including phenoxy) is 1. The van der Waals surface area contributed by atoms with Gasteiger partial charge in [0.2, 0.25) is 5.95 Å². The predicted molar refractivity (Wildman–Crippen MR) is 91.1 cm³/mol.